The van der Waals surface area contributed by atoms with Gasteiger partial charge in [0.2, 0.25) is 0 Å². The first-order valence-corrected chi connectivity index (χ1v) is 5.16. The van der Waals surface area contributed by atoms with Crippen molar-refractivity contribution < 1.29 is 4.39 Å². The SMILES string of the molecule is Fc1cc2scnc2cc1NI. The third-order valence-corrected chi connectivity index (χ3v) is 2.89. The Labute approximate surface area is 86.3 Å². The standard InChI is InChI=1S/C7H4FIN2S/c8-4-1-7-6(10-3-12-7)2-5(4)11-9/h1-3,11H. The molecule has 1 aromatic heterocycles. The first-order valence-electron chi connectivity index (χ1n) is 3.20. The van der Waals surface area contributed by atoms with Crippen LogP contribution >= 0.6 is 34.2 Å². The fourth-order valence-electron chi connectivity index (χ4n) is 0.951. The molecule has 0 atom stereocenters. The molecule has 0 aliphatic heterocycles. The third kappa shape index (κ3) is 1.27. The van der Waals surface area contributed by atoms with Gasteiger partial charge in [-0.3, -0.25) is 0 Å². The maximum atomic E-state index is 13.1. The Bertz CT molecular complexity index is 415. The van der Waals surface area contributed by atoms with Gasteiger partial charge in [-0.25, -0.2) is 9.37 Å². The van der Waals surface area contributed by atoms with E-state index in [1.807, 2.05) is 22.9 Å². The number of rotatable bonds is 1. The molecule has 0 fully saturated rings. The number of benzene rings is 1. The lowest BCUT2D eigenvalue weighted by Crippen LogP contribution is -1.84. The second kappa shape index (κ2) is 3.14. The molecule has 0 aliphatic carbocycles. The van der Waals surface area contributed by atoms with Crippen molar-refractivity contribution in [2.24, 2.45) is 0 Å². The Hall–Kier alpha value is -0.430. The van der Waals surface area contributed by atoms with Crippen LogP contribution in [0.4, 0.5) is 10.1 Å². The van der Waals surface area contributed by atoms with Crippen LogP contribution in [-0.4, -0.2) is 4.98 Å². The van der Waals surface area contributed by atoms with Gasteiger partial charge in [-0.2, -0.15) is 0 Å². The normalized spacial score (nSPS) is 10.5. The van der Waals surface area contributed by atoms with Gasteiger partial charge in [-0.1, -0.05) is 0 Å². The molecule has 0 radical (unpaired) electrons. The van der Waals surface area contributed by atoms with E-state index < -0.39 is 0 Å². The van der Waals surface area contributed by atoms with E-state index in [1.165, 1.54) is 17.4 Å². The number of hydrogen-bond acceptors (Lipinski definition) is 3. The van der Waals surface area contributed by atoms with E-state index in [4.69, 9.17) is 0 Å². The first kappa shape index (κ1) is 8.18. The van der Waals surface area contributed by atoms with Crippen molar-refractivity contribution in [2.75, 3.05) is 3.53 Å². The molecule has 1 heterocycles. The lowest BCUT2D eigenvalue weighted by atomic mass is 10.3. The predicted octanol–water partition coefficient (Wildman–Crippen LogP) is 3.20. The first-order chi connectivity index (χ1) is 5.81. The fourth-order valence-corrected chi connectivity index (χ4v) is 2.05. The molecule has 0 aliphatic rings. The second-order valence-corrected chi connectivity index (χ2v) is 3.67. The summed E-state index contributed by atoms with van der Waals surface area (Å²) in [6, 6.07) is 3.20. The molecule has 0 saturated heterocycles. The van der Waals surface area contributed by atoms with Crippen LogP contribution in [0.25, 0.3) is 10.2 Å². The average Bonchev–Trinajstić information content (AvgIpc) is 2.49. The zero-order valence-corrected chi connectivity index (χ0v) is 8.82. The maximum absolute atomic E-state index is 13.1. The van der Waals surface area contributed by atoms with Crippen LogP contribution in [0, 0.1) is 5.82 Å². The minimum atomic E-state index is -0.235. The molecule has 2 nitrogen and oxygen atoms in total. The molecule has 0 saturated carbocycles. The van der Waals surface area contributed by atoms with E-state index in [1.54, 1.807) is 11.6 Å². The van der Waals surface area contributed by atoms with E-state index in [9.17, 15) is 4.39 Å². The molecule has 1 aromatic carbocycles. The average molecular weight is 294 g/mol. The number of halogens is 2. The summed E-state index contributed by atoms with van der Waals surface area (Å²) in [5, 5.41) is 0. The zero-order valence-electron chi connectivity index (χ0n) is 5.84. The summed E-state index contributed by atoms with van der Waals surface area (Å²) in [5.41, 5.74) is 3.02. The molecule has 2 rings (SSSR count). The quantitative estimate of drug-likeness (QED) is 0.645. The molecular weight excluding hydrogens is 290 g/mol. The van der Waals surface area contributed by atoms with Crippen LogP contribution in [0.1, 0.15) is 0 Å². The number of nitrogens with one attached hydrogen (secondary N) is 1. The van der Waals surface area contributed by atoms with E-state index in [0.717, 1.165) is 10.2 Å². The molecule has 0 unspecified atom stereocenters. The molecular formula is C7H4FIN2S. The molecule has 0 amide bonds. The second-order valence-electron chi connectivity index (χ2n) is 2.25. The molecule has 0 bridgehead atoms. The van der Waals surface area contributed by atoms with Crippen molar-refractivity contribution in [1.29, 1.82) is 0 Å². The van der Waals surface area contributed by atoms with Crippen molar-refractivity contribution in [2.45, 2.75) is 0 Å². The van der Waals surface area contributed by atoms with Crippen molar-refractivity contribution >= 4 is 50.1 Å². The fraction of sp³-hybridized carbons (Fsp3) is 0. The molecule has 12 heavy (non-hydrogen) atoms. The van der Waals surface area contributed by atoms with Crippen molar-refractivity contribution in [3.63, 3.8) is 0 Å². The smallest absolute Gasteiger partial charge is 0.148 e. The van der Waals surface area contributed by atoms with E-state index in [0.29, 0.717) is 5.69 Å². The Morgan fingerprint density at radius 3 is 3.08 bits per heavy atom. The van der Waals surface area contributed by atoms with Gasteiger partial charge in [0, 0.05) is 0 Å². The highest BCUT2D eigenvalue weighted by atomic mass is 127. The van der Waals surface area contributed by atoms with Gasteiger partial charge in [-0.15, -0.1) is 11.3 Å². The highest BCUT2D eigenvalue weighted by Gasteiger charge is 2.04. The third-order valence-electron chi connectivity index (χ3n) is 1.52. The summed E-state index contributed by atoms with van der Waals surface area (Å²) in [6.07, 6.45) is 0. The summed E-state index contributed by atoms with van der Waals surface area (Å²) in [7, 11) is 0. The molecule has 0 spiro atoms. The van der Waals surface area contributed by atoms with Gasteiger partial charge >= 0.3 is 0 Å². The van der Waals surface area contributed by atoms with Gasteiger partial charge in [0.05, 0.1) is 44.3 Å². The van der Waals surface area contributed by atoms with Crippen LogP contribution in [0.3, 0.4) is 0 Å². The number of fused-ring (bicyclic) bond motifs is 1. The topological polar surface area (TPSA) is 24.9 Å². The van der Waals surface area contributed by atoms with E-state index >= 15 is 0 Å². The number of hydrogen-bond donors (Lipinski definition) is 1. The zero-order chi connectivity index (χ0) is 8.55. The minimum absolute atomic E-state index is 0.235. The van der Waals surface area contributed by atoms with Crippen molar-refractivity contribution in [3.05, 3.63) is 23.5 Å². The number of anilines is 1. The molecule has 5 heteroatoms. The monoisotopic (exact) mass is 294 g/mol. The van der Waals surface area contributed by atoms with Crippen molar-refractivity contribution in [3.8, 4) is 0 Å². The lowest BCUT2D eigenvalue weighted by Gasteiger charge is -1.98. The van der Waals surface area contributed by atoms with Crippen LogP contribution < -0.4 is 3.53 Å². The largest absolute Gasteiger partial charge is 0.326 e. The summed E-state index contributed by atoms with van der Waals surface area (Å²) in [5.74, 6) is -0.235. The Balaban J connectivity index is 2.73. The van der Waals surface area contributed by atoms with Crippen LogP contribution in [0.15, 0.2) is 17.6 Å². The highest BCUT2D eigenvalue weighted by molar-refractivity contribution is 14.1. The van der Waals surface area contributed by atoms with Crippen molar-refractivity contribution in [1.82, 2.24) is 4.98 Å². The molecule has 1 N–H and O–H groups in total. The van der Waals surface area contributed by atoms with Gasteiger partial charge in [0.25, 0.3) is 0 Å². The Morgan fingerprint density at radius 2 is 2.33 bits per heavy atom. The van der Waals surface area contributed by atoms with Crippen LogP contribution in [-0.2, 0) is 0 Å². The molecule has 2 aromatic rings. The number of thiazole rings is 1. The van der Waals surface area contributed by atoms with Gasteiger partial charge < -0.3 is 3.53 Å². The number of nitrogens with zero attached hydrogens (tertiary/aromatic N) is 1. The van der Waals surface area contributed by atoms with E-state index in [2.05, 4.69) is 8.51 Å². The Kier molecular flexibility index (Phi) is 2.14. The van der Waals surface area contributed by atoms with Gasteiger partial charge in [-0.05, 0) is 12.1 Å². The summed E-state index contributed by atoms with van der Waals surface area (Å²) >= 11 is 3.33. The predicted molar refractivity (Wildman–Crippen MR) is 57.2 cm³/mol. The van der Waals surface area contributed by atoms with Gasteiger partial charge in [0.15, 0.2) is 0 Å². The van der Waals surface area contributed by atoms with Gasteiger partial charge in [0.1, 0.15) is 5.82 Å². The minimum Gasteiger partial charge on any atom is -0.326 e. The summed E-state index contributed by atoms with van der Waals surface area (Å²) < 4.78 is 16.7. The summed E-state index contributed by atoms with van der Waals surface area (Å²) in [4.78, 5) is 4.08. The lowest BCUT2D eigenvalue weighted by molar-refractivity contribution is 0.635. The molecule has 62 valence electrons. The van der Waals surface area contributed by atoms with E-state index in [-0.39, 0.29) is 5.82 Å². The summed E-state index contributed by atoms with van der Waals surface area (Å²) in [6.45, 7) is 0. The van der Waals surface area contributed by atoms with Crippen LogP contribution in [0.2, 0.25) is 0 Å². The Morgan fingerprint density at radius 1 is 1.50 bits per heavy atom. The van der Waals surface area contributed by atoms with Crippen LogP contribution in [0.5, 0.6) is 0 Å². The highest BCUT2D eigenvalue weighted by Crippen LogP contribution is 2.25. The maximum Gasteiger partial charge on any atom is 0.148 e. The number of aromatic nitrogens is 1.